The molecule has 7 aromatic carbocycles. The first-order valence-corrected chi connectivity index (χ1v) is 16.7. The lowest BCUT2D eigenvalue weighted by Crippen LogP contribution is -2.00. The maximum Gasteiger partial charge on any atom is 0.227 e. The Morgan fingerprint density at radius 1 is 0.373 bits per heavy atom. The van der Waals surface area contributed by atoms with Gasteiger partial charge in [-0.25, -0.2) is 19.9 Å². The van der Waals surface area contributed by atoms with E-state index in [0.29, 0.717) is 40.1 Å². The van der Waals surface area contributed by atoms with E-state index in [2.05, 4.69) is 30.3 Å². The Morgan fingerprint density at radius 3 is 1.88 bits per heavy atom. The predicted octanol–water partition coefficient (Wildman–Crippen LogP) is 11.6. The van der Waals surface area contributed by atoms with Gasteiger partial charge in [0.05, 0.1) is 10.9 Å². The van der Waals surface area contributed by atoms with Crippen LogP contribution in [0.25, 0.3) is 111 Å². The Kier molecular flexibility index (Phi) is 5.83. The topological polar surface area (TPSA) is 91.0 Å². The summed E-state index contributed by atoms with van der Waals surface area (Å²) in [6.45, 7) is 0. The molecule has 0 spiro atoms. The molecular weight excluding hydrogens is 633 g/mol. The normalized spacial score (nSPS) is 11.9. The Morgan fingerprint density at radius 2 is 1.04 bits per heavy atom. The highest BCUT2D eigenvalue weighted by atomic mass is 16.4. The van der Waals surface area contributed by atoms with Crippen molar-refractivity contribution in [2.24, 2.45) is 0 Å². The molecule has 4 aromatic heterocycles. The van der Waals surface area contributed by atoms with Crippen LogP contribution in [0, 0.1) is 0 Å². The fourth-order valence-electron chi connectivity index (χ4n) is 7.17. The van der Waals surface area contributed by atoms with Crippen LogP contribution in [0.5, 0.6) is 0 Å². The van der Waals surface area contributed by atoms with Gasteiger partial charge in [0.25, 0.3) is 0 Å². The van der Waals surface area contributed by atoms with Gasteiger partial charge < -0.3 is 13.3 Å². The van der Waals surface area contributed by atoms with E-state index in [4.69, 9.17) is 33.2 Å². The summed E-state index contributed by atoms with van der Waals surface area (Å²) in [5.74, 6) is 2.15. The summed E-state index contributed by atoms with van der Waals surface area (Å²) in [5.41, 5.74) is 7.79. The smallest absolute Gasteiger partial charge is 0.227 e. The molecule has 0 unspecified atom stereocenters. The van der Waals surface area contributed by atoms with E-state index in [1.807, 2.05) is 115 Å². The Bertz CT molecular complexity index is 3140. The van der Waals surface area contributed by atoms with Crippen LogP contribution in [0.15, 0.2) is 159 Å². The van der Waals surface area contributed by atoms with E-state index in [0.717, 1.165) is 71.3 Å². The van der Waals surface area contributed by atoms with Gasteiger partial charge in [-0.3, -0.25) is 0 Å². The number of rotatable bonds is 4. The molecule has 0 bridgehead atoms. The molecule has 0 aliphatic heterocycles. The van der Waals surface area contributed by atoms with E-state index in [9.17, 15) is 0 Å². The molecule has 0 N–H and O–H groups in total. The van der Waals surface area contributed by atoms with Crippen LogP contribution in [0.1, 0.15) is 0 Å². The summed E-state index contributed by atoms with van der Waals surface area (Å²) in [6, 6.07) is 48.4. The number of nitrogens with zero attached hydrogens (tertiary/aromatic N) is 4. The minimum atomic E-state index is 0.500. The van der Waals surface area contributed by atoms with Crippen molar-refractivity contribution in [3.05, 3.63) is 146 Å². The van der Waals surface area contributed by atoms with Crippen molar-refractivity contribution in [2.45, 2.75) is 0 Å². The lowest BCUT2D eigenvalue weighted by Gasteiger charge is -2.10. The summed E-state index contributed by atoms with van der Waals surface area (Å²) in [7, 11) is 0. The molecule has 0 atom stereocenters. The number of furan rings is 2. The van der Waals surface area contributed by atoms with E-state index >= 15 is 0 Å². The fourth-order valence-corrected chi connectivity index (χ4v) is 7.17. The molecule has 0 aliphatic rings. The van der Waals surface area contributed by atoms with Gasteiger partial charge in [0.2, 0.25) is 5.89 Å². The van der Waals surface area contributed by atoms with E-state index in [1.165, 1.54) is 0 Å². The van der Waals surface area contributed by atoms with Crippen molar-refractivity contribution >= 4 is 65.7 Å². The van der Waals surface area contributed by atoms with Crippen molar-refractivity contribution in [3.8, 4) is 45.6 Å². The van der Waals surface area contributed by atoms with Gasteiger partial charge in [-0.05, 0) is 59.3 Å². The summed E-state index contributed by atoms with van der Waals surface area (Å²) in [5, 5.41) is 6.00. The van der Waals surface area contributed by atoms with Crippen LogP contribution in [-0.2, 0) is 0 Å². The van der Waals surface area contributed by atoms with Crippen molar-refractivity contribution < 1.29 is 13.3 Å². The highest BCUT2D eigenvalue weighted by Crippen LogP contribution is 2.44. The van der Waals surface area contributed by atoms with E-state index in [-0.39, 0.29) is 0 Å². The third-order valence-electron chi connectivity index (χ3n) is 9.55. The number of aromatic nitrogens is 4. The quantitative estimate of drug-likeness (QED) is 0.186. The van der Waals surface area contributed by atoms with E-state index < -0.39 is 0 Å². The average Bonchev–Trinajstić information content (AvgIpc) is 3.91. The average molecular weight is 657 g/mol. The van der Waals surface area contributed by atoms with Crippen molar-refractivity contribution in [2.75, 3.05) is 0 Å². The lowest BCUT2D eigenvalue weighted by atomic mass is 9.99. The van der Waals surface area contributed by atoms with Crippen molar-refractivity contribution in [3.63, 3.8) is 0 Å². The van der Waals surface area contributed by atoms with E-state index in [1.54, 1.807) is 0 Å². The second kappa shape index (κ2) is 10.7. The third-order valence-corrected chi connectivity index (χ3v) is 9.55. The van der Waals surface area contributed by atoms with Gasteiger partial charge in [0.1, 0.15) is 27.8 Å². The Hall–Kier alpha value is -7.12. The highest BCUT2D eigenvalue weighted by Gasteiger charge is 2.23. The number of fused-ring (bicyclic) bond motifs is 10. The molecule has 51 heavy (non-hydrogen) atoms. The summed E-state index contributed by atoms with van der Waals surface area (Å²) >= 11 is 0. The molecule has 0 fully saturated rings. The molecule has 7 nitrogen and oxygen atoms in total. The number of hydrogen-bond acceptors (Lipinski definition) is 7. The Labute approximate surface area is 289 Å². The molecule has 7 heteroatoms. The van der Waals surface area contributed by atoms with Crippen LogP contribution in [0.3, 0.4) is 0 Å². The number of oxazole rings is 1. The minimum Gasteiger partial charge on any atom is -0.456 e. The first-order chi connectivity index (χ1) is 25.2. The maximum absolute atomic E-state index is 6.75. The molecule has 11 aromatic rings. The monoisotopic (exact) mass is 656 g/mol. The van der Waals surface area contributed by atoms with Crippen LogP contribution in [-0.4, -0.2) is 19.9 Å². The first kappa shape index (κ1) is 27.8. The summed E-state index contributed by atoms with van der Waals surface area (Å²) in [4.78, 5) is 20.2. The largest absolute Gasteiger partial charge is 0.456 e. The zero-order valence-electron chi connectivity index (χ0n) is 26.9. The Balaban J connectivity index is 1.19. The number of benzene rings is 7. The zero-order valence-corrected chi connectivity index (χ0v) is 26.9. The predicted molar refractivity (Wildman–Crippen MR) is 201 cm³/mol. The second-order valence-electron chi connectivity index (χ2n) is 12.6. The summed E-state index contributed by atoms with van der Waals surface area (Å²) in [6.07, 6.45) is 0. The van der Waals surface area contributed by atoms with Crippen LogP contribution < -0.4 is 0 Å². The minimum absolute atomic E-state index is 0.500. The molecule has 11 rings (SSSR count). The molecule has 0 radical (unpaired) electrons. The number of para-hydroxylation sites is 1. The van der Waals surface area contributed by atoms with Gasteiger partial charge in [-0.1, -0.05) is 97.1 Å². The van der Waals surface area contributed by atoms with Crippen LogP contribution in [0.2, 0.25) is 0 Å². The van der Waals surface area contributed by atoms with Gasteiger partial charge in [-0.15, -0.1) is 0 Å². The number of hydrogen-bond donors (Lipinski definition) is 0. The fraction of sp³-hybridized carbons (Fsp3) is 0. The van der Waals surface area contributed by atoms with Gasteiger partial charge >= 0.3 is 0 Å². The highest BCUT2D eigenvalue weighted by molar-refractivity contribution is 6.27. The molecule has 4 heterocycles. The third kappa shape index (κ3) is 4.31. The molecule has 238 valence electrons. The molecule has 0 saturated heterocycles. The lowest BCUT2D eigenvalue weighted by molar-refractivity contribution is 0.619. The molecular formula is C44H24N4O3. The van der Waals surface area contributed by atoms with Crippen LogP contribution >= 0.6 is 0 Å². The molecule has 0 saturated carbocycles. The van der Waals surface area contributed by atoms with Crippen molar-refractivity contribution in [1.29, 1.82) is 0 Å². The van der Waals surface area contributed by atoms with Crippen molar-refractivity contribution in [1.82, 2.24) is 19.9 Å². The maximum atomic E-state index is 6.75. The van der Waals surface area contributed by atoms with Gasteiger partial charge in [0, 0.05) is 32.8 Å². The van der Waals surface area contributed by atoms with Crippen LogP contribution in [0.4, 0.5) is 0 Å². The summed E-state index contributed by atoms with van der Waals surface area (Å²) < 4.78 is 19.3. The zero-order chi connectivity index (χ0) is 33.5. The van der Waals surface area contributed by atoms with Gasteiger partial charge in [0.15, 0.2) is 23.1 Å². The molecule has 0 aliphatic carbocycles. The second-order valence-corrected chi connectivity index (χ2v) is 12.6. The molecule has 0 amide bonds. The first-order valence-electron chi connectivity index (χ1n) is 16.7. The van der Waals surface area contributed by atoms with Gasteiger partial charge in [-0.2, -0.15) is 0 Å². The SMILES string of the molecule is c1ccc(-c2nc(-c3ccc4c(c3)oc3ccccc34)nc(-c3cc4ccccc4c4c3oc3ccc5oc(-c6ccccc6)nc5c34)n2)cc1. The standard InChI is InChI=1S/C44H24N4O3/c1-3-11-25(12-4-1)41-46-42(28-19-20-31-30-17-9-10-18-33(30)49-36(31)24-28)48-43(47-41)32-23-27-15-7-8-16-29(27)37-38-34(50-40(32)37)21-22-35-39(38)45-44(51-35)26-13-5-2-6-14-26/h1-24H.